The van der Waals surface area contributed by atoms with Crippen LogP contribution in [0.1, 0.15) is 140 Å². The lowest BCUT2D eigenvalue weighted by molar-refractivity contribution is 0.0749. The van der Waals surface area contributed by atoms with Gasteiger partial charge in [0.15, 0.2) is 0 Å². The highest BCUT2D eigenvalue weighted by molar-refractivity contribution is 5.94. The van der Waals surface area contributed by atoms with Crippen molar-refractivity contribution in [1.29, 1.82) is 0 Å². The number of hydrogen-bond donors (Lipinski definition) is 0. The predicted molar refractivity (Wildman–Crippen MR) is 162 cm³/mol. The van der Waals surface area contributed by atoms with E-state index in [9.17, 15) is 4.79 Å². The molecule has 0 unspecified atom stereocenters. The van der Waals surface area contributed by atoms with E-state index < -0.39 is 0 Å². The second-order valence-electron chi connectivity index (χ2n) is 10.9. The molecule has 2 heteroatoms. The van der Waals surface area contributed by atoms with E-state index in [1.165, 1.54) is 114 Å². The number of amides is 1. The average molecular weight is 506 g/mol. The summed E-state index contributed by atoms with van der Waals surface area (Å²) in [5.74, 6) is 0.207. The van der Waals surface area contributed by atoms with Crippen LogP contribution >= 0.6 is 0 Å². The van der Waals surface area contributed by atoms with Crippen LogP contribution in [0.15, 0.2) is 54.6 Å². The smallest absolute Gasteiger partial charge is 0.253 e. The zero-order valence-electron chi connectivity index (χ0n) is 24.2. The van der Waals surface area contributed by atoms with E-state index in [1.807, 2.05) is 18.2 Å². The molecule has 0 aliphatic rings. The Morgan fingerprint density at radius 2 is 0.865 bits per heavy atom. The minimum atomic E-state index is 0.207. The van der Waals surface area contributed by atoms with Crippen molar-refractivity contribution >= 4 is 5.91 Å². The largest absolute Gasteiger partial charge is 0.339 e. The minimum absolute atomic E-state index is 0.207. The molecule has 0 radical (unpaired) electrons. The maximum Gasteiger partial charge on any atom is 0.253 e. The fourth-order valence-electron chi connectivity index (χ4n) is 5.16. The van der Waals surface area contributed by atoms with Crippen molar-refractivity contribution in [2.45, 2.75) is 129 Å². The summed E-state index contributed by atoms with van der Waals surface area (Å²) < 4.78 is 0. The summed E-state index contributed by atoms with van der Waals surface area (Å²) in [5.41, 5.74) is 3.19. The van der Waals surface area contributed by atoms with Crippen molar-refractivity contribution in [3.8, 4) is 11.1 Å². The topological polar surface area (TPSA) is 20.3 Å². The van der Waals surface area contributed by atoms with Crippen molar-refractivity contribution in [3.05, 3.63) is 60.2 Å². The van der Waals surface area contributed by atoms with Gasteiger partial charge < -0.3 is 4.90 Å². The zero-order valence-corrected chi connectivity index (χ0v) is 24.2. The third-order valence-electron chi connectivity index (χ3n) is 7.59. The molecule has 0 N–H and O–H groups in total. The molecule has 1 amide bonds. The second kappa shape index (κ2) is 20.9. The fraction of sp³-hybridized carbons (Fsp3) is 0.629. The molecule has 2 rings (SSSR count). The van der Waals surface area contributed by atoms with Crippen LogP contribution in [0.3, 0.4) is 0 Å². The van der Waals surface area contributed by atoms with Gasteiger partial charge in [0, 0.05) is 18.7 Å². The van der Waals surface area contributed by atoms with Gasteiger partial charge in [0.2, 0.25) is 0 Å². The minimum Gasteiger partial charge on any atom is -0.339 e. The fourth-order valence-corrected chi connectivity index (χ4v) is 5.16. The van der Waals surface area contributed by atoms with E-state index >= 15 is 0 Å². The summed E-state index contributed by atoms with van der Waals surface area (Å²) >= 11 is 0. The molecule has 0 saturated heterocycles. The first kappa shape index (κ1) is 31.1. The first-order chi connectivity index (χ1) is 18.3. The predicted octanol–water partition coefficient (Wildman–Crippen LogP) is 10.9. The highest BCUT2D eigenvalue weighted by atomic mass is 16.2. The third kappa shape index (κ3) is 13.9. The van der Waals surface area contributed by atoms with E-state index in [4.69, 9.17) is 0 Å². The molecule has 0 heterocycles. The van der Waals surface area contributed by atoms with Crippen LogP contribution in [0.4, 0.5) is 0 Å². The van der Waals surface area contributed by atoms with Crippen molar-refractivity contribution in [2.24, 2.45) is 0 Å². The van der Waals surface area contributed by atoms with Gasteiger partial charge in [-0.1, -0.05) is 159 Å². The van der Waals surface area contributed by atoms with Crippen LogP contribution in [-0.4, -0.2) is 23.9 Å². The average Bonchev–Trinajstić information content (AvgIpc) is 2.94. The van der Waals surface area contributed by atoms with Crippen molar-refractivity contribution in [2.75, 3.05) is 13.1 Å². The number of carbonyl (C=O) groups is 1. The van der Waals surface area contributed by atoms with E-state index in [2.05, 4.69) is 55.1 Å². The monoisotopic (exact) mass is 505 g/mol. The Labute approximate surface area is 229 Å². The first-order valence-corrected chi connectivity index (χ1v) is 15.7. The summed E-state index contributed by atoms with van der Waals surface area (Å²) in [6.45, 7) is 6.34. The van der Waals surface area contributed by atoms with Gasteiger partial charge >= 0.3 is 0 Å². The highest BCUT2D eigenvalue weighted by Crippen LogP contribution is 2.20. The molecule has 0 aromatic heterocycles. The molecule has 0 saturated carbocycles. The van der Waals surface area contributed by atoms with Gasteiger partial charge in [0.25, 0.3) is 5.91 Å². The molecule has 0 atom stereocenters. The van der Waals surface area contributed by atoms with Crippen LogP contribution < -0.4 is 0 Å². The van der Waals surface area contributed by atoms with E-state index in [1.54, 1.807) is 0 Å². The van der Waals surface area contributed by atoms with Gasteiger partial charge in [-0.3, -0.25) is 4.79 Å². The van der Waals surface area contributed by atoms with Crippen LogP contribution in [0, 0.1) is 0 Å². The molecular weight excluding hydrogens is 450 g/mol. The third-order valence-corrected chi connectivity index (χ3v) is 7.59. The molecular formula is C35H55NO. The molecule has 2 aromatic rings. The van der Waals surface area contributed by atoms with Gasteiger partial charge in [-0.05, 0) is 36.1 Å². The Balaban J connectivity index is 1.80. The zero-order chi connectivity index (χ0) is 26.4. The summed E-state index contributed by atoms with van der Waals surface area (Å²) in [4.78, 5) is 15.6. The van der Waals surface area contributed by atoms with Gasteiger partial charge in [0.05, 0.1) is 0 Å². The number of unbranched alkanes of at least 4 members (excludes halogenated alkanes) is 16. The molecule has 0 bridgehead atoms. The van der Waals surface area contributed by atoms with Crippen molar-refractivity contribution in [1.82, 2.24) is 4.90 Å². The van der Waals surface area contributed by atoms with Crippen LogP contribution in [-0.2, 0) is 0 Å². The second-order valence-corrected chi connectivity index (χ2v) is 10.9. The first-order valence-electron chi connectivity index (χ1n) is 15.7. The van der Waals surface area contributed by atoms with E-state index in [-0.39, 0.29) is 5.91 Å². The molecule has 2 aromatic carbocycles. The molecule has 0 aliphatic carbocycles. The molecule has 37 heavy (non-hydrogen) atoms. The normalized spacial score (nSPS) is 11.1. The Morgan fingerprint density at radius 3 is 1.30 bits per heavy atom. The van der Waals surface area contributed by atoms with Crippen LogP contribution in [0.25, 0.3) is 11.1 Å². The number of rotatable bonds is 22. The molecule has 0 aliphatic heterocycles. The Hall–Kier alpha value is -2.09. The maximum atomic E-state index is 13.5. The number of hydrogen-bond acceptors (Lipinski definition) is 1. The Morgan fingerprint density at radius 1 is 0.486 bits per heavy atom. The molecule has 0 fully saturated rings. The van der Waals surface area contributed by atoms with Gasteiger partial charge in [-0.2, -0.15) is 0 Å². The molecule has 0 spiro atoms. The van der Waals surface area contributed by atoms with Crippen molar-refractivity contribution in [3.63, 3.8) is 0 Å². The molecule has 2 nitrogen and oxygen atoms in total. The van der Waals surface area contributed by atoms with Crippen LogP contribution in [0.2, 0.25) is 0 Å². The van der Waals surface area contributed by atoms with E-state index in [0.717, 1.165) is 31.5 Å². The standard InChI is InChI=1S/C35H55NO/c1-3-5-7-9-11-13-15-17-22-30-36(31-23-18-16-14-12-10-8-6-4-2)35(37)34-28-26-33(27-29-34)32-24-20-19-21-25-32/h19-21,24-29H,3-18,22-23,30-31H2,1-2H3. The lowest BCUT2D eigenvalue weighted by atomic mass is 10.0. The summed E-state index contributed by atoms with van der Waals surface area (Å²) in [6, 6.07) is 18.6. The maximum absolute atomic E-state index is 13.5. The Kier molecular flexibility index (Phi) is 17.6. The summed E-state index contributed by atoms with van der Waals surface area (Å²) in [6.07, 6.45) is 23.7. The van der Waals surface area contributed by atoms with Gasteiger partial charge in [0.1, 0.15) is 0 Å². The number of nitrogens with zero attached hydrogens (tertiary/aromatic N) is 1. The Bertz CT molecular complexity index is 776. The van der Waals surface area contributed by atoms with Gasteiger partial charge in [-0.25, -0.2) is 0 Å². The molecule has 206 valence electrons. The van der Waals surface area contributed by atoms with Crippen LogP contribution in [0.5, 0.6) is 0 Å². The lowest BCUT2D eigenvalue weighted by Crippen LogP contribution is -2.33. The summed E-state index contributed by atoms with van der Waals surface area (Å²) in [7, 11) is 0. The summed E-state index contributed by atoms with van der Waals surface area (Å²) in [5, 5.41) is 0. The SMILES string of the molecule is CCCCCCCCCCCN(CCCCCCCCCCC)C(=O)c1ccc(-c2ccccc2)cc1. The highest BCUT2D eigenvalue weighted by Gasteiger charge is 2.15. The lowest BCUT2D eigenvalue weighted by Gasteiger charge is -2.23. The number of carbonyl (C=O) groups excluding carboxylic acids is 1. The van der Waals surface area contributed by atoms with Gasteiger partial charge in [-0.15, -0.1) is 0 Å². The number of benzene rings is 2. The van der Waals surface area contributed by atoms with E-state index in [0.29, 0.717) is 0 Å². The quantitative estimate of drug-likeness (QED) is 0.146. The van der Waals surface area contributed by atoms with Crippen molar-refractivity contribution < 1.29 is 4.79 Å².